The van der Waals surface area contributed by atoms with Gasteiger partial charge in [0.25, 0.3) is 0 Å². The SMILES string of the molecule is CCc1n[nH]nc1C1(C(=O)O)CCCC1. The van der Waals surface area contributed by atoms with Crippen LogP contribution >= 0.6 is 0 Å². The second-order valence-electron chi connectivity index (χ2n) is 4.07. The number of aliphatic carboxylic acids is 1. The van der Waals surface area contributed by atoms with Crippen molar-refractivity contribution in [1.29, 1.82) is 0 Å². The molecule has 5 nitrogen and oxygen atoms in total. The summed E-state index contributed by atoms with van der Waals surface area (Å²) in [4.78, 5) is 11.4. The molecule has 0 unspecified atom stereocenters. The molecule has 0 atom stereocenters. The fourth-order valence-electron chi connectivity index (χ4n) is 2.41. The van der Waals surface area contributed by atoms with E-state index in [1.165, 1.54) is 0 Å². The van der Waals surface area contributed by atoms with Gasteiger partial charge in [0, 0.05) is 0 Å². The van der Waals surface area contributed by atoms with Gasteiger partial charge in [-0.3, -0.25) is 4.79 Å². The van der Waals surface area contributed by atoms with E-state index in [0.717, 1.165) is 25.0 Å². The number of aromatic nitrogens is 3. The predicted octanol–water partition coefficient (Wildman–Crippen LogP) is 1.26. The van der Waals surface area contributed by atoms with E-state index in [1.807, 2.05) is 6.92 Å². The summed E-state index contributed by atoms with van der Waals surface area (Å²) in [6, 6.07) is 0. The zero-order valence-corrected chi connectivity index (χ0v) is 8.79. The van der Waals surface area contributed by atoms with Crippen LogP contribution in [0.25, 0.3) is 0 Å². The summed E-state index contributed by atoms with van der Waals surface area (Å²) >= 11 is 0. The van der Waals surface area contributed by atoms with E-state index in [4.69, 9.17) is 0 Å². The summed E-state index contributed by atoms with van der Waals surface area (Å²) < 4.78 is 0. The van der Waals surface area contributed by atoms with Crippen LogP contribution in [-0.2, 0) is 16.6 Å². The van der Waals surface area contributed by atoms with Crippen molar-refractivity contribution < 1.29 is 9.90 Å². The van der Waals surface area contributed by atoms with Crippen LogP contribution in [0.5, 0.6) is 0 Å². The van der Waals surface area contributed by atoms with Crippen LogP contribution in [0.1, 0.15) is 44.0 Å². The number of aryl methyl sites for hydroxylation is 1. The van der Waals surface area contributed by atoms with Crippen LogP contribution in [0.15, 0.2) is 0 Å². The molecule has 0 aromatic carbocycles. The van der Waals surface area contributed by atoms with E-state index < -0.39 is 11.4 Å². The summed E-state index contributed by atoms with van der Waals surface area (Å²) in [6.07, 6.45) is 4.01. The molecule has 0 bridgehead atoms. The van der Waals surface area contributed by atoms with Gasteiger partial charge in [0.1, 0.15) is 11.1 Å². The summed E-state index contributed by atoms with van der Waals surface area (Å²) in [5.41, 5.74) is 0.660. The minimum absolute atomic E-state index is 0.648. The van der Waals surface area contributed by atoms with E-state index in [2.05, 4.69) is 15.4 Å². The molecule has 1 aromatic rings. The molecule has 1 aliphatic carbocycles. The van der Waals surface area contributed by atoms with Gasteiger partial charge in [-0.25, -0.2) is 0 Å². The van der Waals surface area contributed by atoms with Crippen LogP contribution in [0.4, 0.5) is 0 Å². The fraction of sp³-hybridized carbons (Fsp3) is 0.700. The Kier molecular flexibility index (Phi) is 2.46. The van der Waals surface area contributed by atoms with Gasteiger partial charge in [0.05, 0.1) is 5.69 Å². The molecular formula is C10H15N3O2. The molecular weight excluding hydrogens is 194 g/mol. The van der Waals surface area contributed by atoms with Gasteiger partial charge in [-0.15, -0.1) is 0 Å². The molecule has 1 fully saturated rings. The molecule has 2 rings (SSSR count). The zero-order chi connectivity index (χ0) is 10.9. The Morgan fingerprint density at radius 1 is 1.47 bits per heavy atom. The van der Waals surface area contributed by atoms with Gasteiger partial charge in [0.15, 0.2) is 0 Å². The first-order chi connectivity index (χ1) is 7.20. The number of aromatic amines is 1. The number of nitrogens with zero attached hydrogens (tertiary/aromatic N) is 2. The Morgan fingerprint density at radius 3 is 2.67 bits per heavy atom. The number of carboxylic acids is 1. The third kappa shape index (κ3) is 1.42. The van der Waals surface area contributed by atoms with Crippen molar-refractivity contribution in [2.45, 2.75) is 44.4 Å². The average Bonchev–Trinajstić information content (AvgIpc) is 2.86. The van der Waals surface area contributed by atoms with Gasteiger partial charge >= 0.3 is 5.97 Å². The number of carbonyl (C=O) groups is 1. The van der Waals surface area contributed by atoms with E-state index in [1.54, 1.807) is 0 Å². The molecule has 1 heterocycles. The molecule has 0 aliphatic heterocycles. The van der Waals surface area contributed by atoms with Crippen LogP contribution in [0, 0.1) is 0 Å². The first kappa shape index (κ1) is 10.1. The van der Waals surface area contributed by atoms with Gasteiger partial charge in [-0.1, -0.05) is 19.8 Å². The molecule has 1 saturated carbocycles. The Labute approximate surface area is 87.9 Å². The standard InChI is InChI=1S/C10H15N3O2/c1-2-7-8(12-13-11-7)10(9(14)15)5-3-4-6-10/h2-6H2,1H3,(H,14,15)(H,11,12,13). The summed E-state index contributed by atoms with van der Waals surface area (Å²) in [7, 11) is 0. The summed E-state index contributed by atoms with van der Waals surface area (Å²) in [5.74, 6) is -0.761. The van der Waals surface area contributed by atoms with Crippen LogP contribution in [-0.4, -0.2) is 26.5 Å². The lowest BCUT2D eigenvalue weighted by Gasteiger charge is -2.21. The Hall–Kier alpha value is -1.39. The van der Waals surface area contributed by atoms with Crippen molar-refractivity contribution in [3.8, 4) is 0 Å². The topological polar surface area (TPSA) is 78.9 Å². The van der Waals surface area contributed by atoms with Crippen LogP contribution in [0.3, 0.4) is 0 Å². The Bertz CT molecular complexity index is 366. The first-order valence-corrected chi connectivity index (χ1v) is 5.34. The number of nitrogens with one attached hydrogen (secondary N) is 1. The molecule has 0 spiro atoms. The molecule has 0 saturated heterocycles. The van der Waals surface area contributed by atoms with Crippen molar-refractivity contribution in [3.05, 3.63) is 11.4 Å². The highest BCUT2D eigenvalue weighted by molar-refractivity contribution is 5.81. The lowest BCUT2D eigenvalue weighted by molar-refractivity contribution is -0.143. The molecule has 5 heteroatoms. The normalized spacial score (nSPS) is 19.3. The fourth-order valence-corrected chi connectivity index (χ4v) is 2.41. The van der Waals surface area contributed by atoms with Gasteiger partial charge in [-0.05, 0) is 19.3 Å². The second-order valence-corrected chi connectivity index (χ2v) is 4.07. The highest BCUT2D eigenvalue weighted by Gasteiger charge is 2.46. The van der Waals surface area contributed by atoms with Crippen LogP contribution in [0.2, 0.25) is 0 Å². The number of hydrogen-bond acceptors (Lipinski definition) is 3. The second kappa shape index (κ2) is 3.64. The maximum atomic E-state index is 11.4. The van der Waals surface area contributed by atoms with Crippen LogP contribution < -0.4 is 0 Å². The largest absolute Gasteiger partial charge is 0.481 e. The highest BCUT2D eigenvalue weighted by Crippen LogP contribution is 2.41. The summed E-state index contributed by atoms with van der Waals surface area (Å²) in [6.45, 7) is 1.96. The molecule has 2 N–H and O–H groups in total. The van der Waals surface area contributed by atoms with E-state index >= 15 is 0 Å². The van der Waals surface area contributed by atoms with Gasteiger partial charge < -0.3 is 5.11 Å². The average molecular weight is 209 g/mol. The smallest absolute Gasteiger partial charge is 0.315 e. The maximum Gasteiger partial charge on any atom is 0.315 e. The summed E-state index contributed by atoms with van der Waals surface area (Å²) in [5, 5.41) is 20.0. The molecule has 1 aromatic heterocycles. The molecule has 0 radical (unpaired) electrons. The molecule has 82 valence electrons. The number of H-pyrrole nitrogens is 1. The van der Waals surface area contributed by atoms with Gasteiger partial charge in [-0.2, -0.15) is 15.4 Å². The zero-order valence-electron chi connectivity index (χ0n) is 8.79. The van der Waals surface area contributed by atoms with Crippen molar-refractivity contribution in [2.24, 2.45) is 0 Å². The monoisotopic (exact) mass is 209 g/mol. The third-order valence-electron chi connectivity index (χ3n) is 3.27. The Morgan fingerprint density at radius 2 is 2.13 bits per heavy atom. The lowest BCUT2D eigenvalue weighted by atomic mass is 9.81. The van der Waals surface area contributed by atoms with E-state index in [0.29, 0.717) is 18.5 Å². The lowest BCUT2D eigenvalue weighted by Crippen LogP contribution is -2.34. The molecule has 1 aliphatic rings. The van der Waals surface area contributed by atoms with Crippen molar-refractivity contribution in [1.82, 2.24) is 15.4 Å². The van der Waals surface area contributed by atoms with E-state index in [9.17, 15) is 9.90 Å². The van der Waals surface area contributed by atoms with E-state index in [-0.39, 0.29) is 0 Å². The van der Waals surface area contributed by atoms with Crippen molar-refractivity contribution >= 4 is 5.97 Å². The van der Waals surface area contributed by atoms with Crippen molar-refractivity contribution in [3.63, 3.8) is 0 Å². The minimum atomic E-state index is -0.779. The number of carboxylic acid groups (broad SMARTS) is 1. The quantitative estimate of drug-likeness (QED) is 0.785. The maximum absolute atomic E-state index is 11.4. The van der Waals surface area contributed by atoms with Gasteiger partial charge in [0.2, 0.25) is 0 Å². The number of rotatable bonds is 3. The third-order valence-corrected chi connectivity index (χ3v) is 3.27. The number of hydrogen-bond donors (Lipinski definition) is 2. The molecule has 0 amide bonds. The predicted molar refractivity (Wildman–Crippen MR) is 53.5 cm³/mol. The highest BCUT2D eigenvalue weighted by atomic mass is 16.4. The van der Waals surface area contributed by atoms with Crippen molar-refractivity contribution in [2.75, 3.05) is 0 Å². The minimum Gasteiger partial charge on any atom is -0.481 e. The Balaban J connectivity index is 2.45. The first-order valence-electron chi connectivity index (χ1n) is 5.34. The molecule has 15 heavy (non-hydrogen) atoms.